The van der Waals surface area contributed by atoms with Gasteiger partial charge in [0, 0.05) is 0 Å². The lowest BCUT2D eigenvalue weighted by Crippen LogP contribution is -2.44. The molecule has 0 spiro atoms. The van der Waals surface area contributed by atoms with Crippen LogP contribution >= 0.6 is 0 Å². The van der Waals surface area contributed by atoms with Gasteiger partial charge in [0.2, 0.25) is 10.0 Å². The first kappa shape index (κ1) is 17.9. The summed E-state index contributed by atoms with van der Waals surface area (Å²) in [6, 6.07) is 16.2. The van der Waals surface area contributed by atoms with Gasteiger partial charge in [0.05, 0.1) is 18.5 Å². The number of nitrogens with one attached hydrogen (secondary N) is 1. The molecule has 128 valence electrons. The zero-order chi connectivity index (χ0) is 17.7. The third-order valence-electron chi connectivity index (χ3n) is 3.41. The molecular formula is C16H18N2O5S. The smallest absolute Gasteiger partial charge is 0.274 e. The largest absolute Gasteiger partial charge is 0.381 e. The van der Waals surface area contributed by atoms with Gasteiger partial charge in [0.1, 0.15) is 0 Å². The van der Waals surface area contributed by atoms with Gasteiger partial charge in [0.25, 0.3) is 5.91 Å². The van der Waals surface area contributed by atoms with Crippen molar-refractivity contribution in [1.82, 2.24) is 5.48 Å². The minimum Gasteiger partial charge on any atom is -0.381 e. The van der Waals surface area contributed by atoms with Crippen molar-refractivity contribution in [2.75, 3.05) is 17.1 Å². The molecule has 1 atom stereocenters. The third kappa shape index (κ3) is 4.31. The van der Waals surface area contributed by atoms with Crippen LogP contribution in [-0.2, 0) is 14.8 Å². The van der Waals surface area contributed by atoms with Gasteiger partial charge in [-0.3, -0.25) is 14.3 Å². The Balaban J connectivity index is 2.29. The van der Waals surface area contributed by atoms with Crippen LogP contribution in [0.1, 0.15) is 0 Å². The van der Waals surface area contributed by atoms with E-state index in [1.807, 2.05) is 30.3 Å². The Morgan fingerprint density at radius 1 is 1.08 bits per heavy atom. The summed E-state index contributed by atoms with van der Waals surface area (Å²) in [5.41, 5.74) is 3.49. The van der Waals surface area contributed by atoms with E-state index in [2.05, 4.69) is 0 Å². The number of hydrogen-bond donors (Lipinski definition) is 3. The molecule has 0 radical (unpaired) electrons. The molecule has 0 unspecified atom stereocenters. The normalized spacial score (nSPS) is 12.5. The van der Waals surface area contributed by atoms with Crippen LogP contribution in [0.4, 0.5) is 5.69 Å². The highest BCUT2D eigenvalue weighted by atomic mass is 32.2. The number of aliphatic hydroxyl groups is 1. The summed E-state index contributed by atoms with van der Waals surface area (Å²) < 4.78 is 24.8. The highest BCUT2D eigenvalue weighted by Gasteiger charge is 2.25. The predicted molar refractivity (Wildman–Crippen MR) is 90.0 cm³/mol. The number of anilines is 1. The standard InChI is InChI=1S/C16H18N2O5S/c1-24(22,23)18(11-15(19)16(20)17-21)14-9-7-13(8-10-14)12-5-3-2-4-6-12/h2-10,15,19,21H,11H2,1H3,(H,17,20)/t15-/m0/s1. The lowest BCUT2D eigenvalue weighted by atomic mass is 10.1. The van der Waals surface area contributed by atoms with E-state index in [0.717, 1.165) is 21.7 Å². The SMILES string of the molecule is CS(=O)(=O)N(C[C@H](O)C(=O)NO)c1ccc(-c2ccccc2)cc1. The first-order valence-electron chi connectivity index (χ1n) is 7.08. The van der Waals surface area contributed by atoms with Crippen molar-refractivity contribution in [3.05, 3.63) is 54.6 Å². The molecule has 0 fully saturated rings. The second kappa shape index (κ2) is 7.43. The van der Waals surface area contributed by atoms with Gasteiger partial charge < -0.3 is 5.11 Å². The Bertz CT molecular complexity index is 791. The number of carbonyl (C=O) groups is 1. The second-order valence-corrected chi connectivity index (χ2v) is 7.11. The van der Waals surface area contributed by atoms with Gasteiger partial charge >= 0.3 is 0 Å². The van der Waals surface area contributed by atoms with Crippen LogP contribution in [0.25, 0.3) is 11.1 Å². The van der Waals surface area contributed by atoms with Crippen LogP contribution in [0.3, 0.4) is 0 Å². The molecule has 0 heterocycles. The quantitative estimate of drug-likeness (QED) is 0.532. The maximum Gasteiger partial charge on any atom is 0.274 e. The van der Waals surface area contributed by atoms with E-state index >= 15 is 0 Å². The summed E-state index contributed by atoms with van der Waals surface area (Å²) in [5.74, 6) is -1.08. The molecule has 24 heavy (non-hydrogen) atoms. The molecule has 2 rings (SSSR count). The molecule has 0 aliphatic rings. The lowest BCUT2D eigenvalue weighted by molar-refractivity contribution is -0.137. The topological polar surface area (TPSA) is 107 Å². The first-order valence-corrected chi connectivity index (χ1v) is 8.93. The van der Waals surface area contributed by atoms with E-state index < -0.39 is 28.6 Å². The van der Waals surface area contributed by atoms with E-state index in [9.17, 15) is 18.3 Å². The van der Waals surface area contributed by atoms with Crippen molar-refractivity contribution in [2.24, 2.45) is 0 Å². The Kier molecular flexibility index (Phi) is 5.55. The molecule has 0 aliphatic carbocycles. The Hall–Kier alpha value is -2.42. The number of rotatable bonds is 6. The molecule has 2 aromatic carbocycles. The summed E-state index contributed by atoms with van der Waals surface area (Å²) >= 11 is 0. The van der Waals surface area contributed by atoms with Gasteiger partial charge in [-0.1, -0.05) is 42.5 Å². The van der Waals surface area contributed by atoms with Gasteiger partial charge in [0.15, 0.2) is 6.10 Å². The maximum absolute atomic E-state index is 12.0. The minimum absolute atomic E-state index is 0.307. The van der Waals surface area contributed by atoms with Crippen molar-refractivity contribution in [1.29, 1.82) is 0 Å². The number of hydrogen-bond acceptors (Lipinski definition) is 5. The Labute approximate surface area is 140 Å². The fourth-order valence-corrected chi connectivity index (χ4v) is 3.11. The molecule has 0 bridgehead atoms. The van der Waals surface area contributed by atoms with Crippen LogP contribution in [-0.4, -0.2) is 43.5 Å². The van der Waals surface area contributed by atoms with Crippen molar-refractivity contribution >= 4 is 21.6 Å². The van der Waals surface area contributed by atoms with Gasteiger partial charge in [-0.15, -0.1) is 0 Å². The van der Waals surface area contributed by atoms with Crippen molar-refractivity contribution in [3.8, 4) is 11.1 Å². The van der Waals surface area contributed by atoms with Crippen LogP contribution in [0, 0.1) is 0 Å². The average molecular weight is 350 g/mol. The lowest BCUT2D eigenvalue weighted by Gasteiger charge is -2.24. The zero-order valence-corrected chi connectivity index (χ0v) is 13.8. The molecule has 0 saturated heterocycles. The Morgan fingerprint density at radius 3 is 2.12 bits per heavy atom. The van der Waals surface area contributed by atoms with Gasteiger partial charge in [-0.2, -0.15) is 0 Å². The number of nitrogens with zero attached hydrogens (tertiary/aromatic N) is 1. The molecule has 7 nitrogen and oxygen atoms in total. The van der Waals surface area contributed by atoms with Crippen molar-refractivity contribution in [2.45, 2.75) is 6.10 Å². The molecule has 0 saturated carbocycles. The molecule has 0 aromatic heterocycles. The Morgan fingerprint density at radius 2 is 1.62 bits per heavy atom. The maximum atomic E-state index is 12.0. The predicted octanol–water partition coefficient (Wildman–Crippen LogP) is 0.986. The number of hydroxylamine groups is 1. The van der Waals surface area contributed by atoms with E-state index in [1.54, 1.807) is 24.3 Å². The van der Waals surface area contributed by atoms with Crippen LogP contribution < -0.4 is 9.79 Å². The van der Waals surface area contributed by atoms with E-state index in [0.29, 0.717) is 5.69 Å². The van der Waals surface area contributed by atoms with Crippen LogP contribution in [0.5, 0.6) is 0 Å². The van der Waals surface area contributed by atoms with E-state index in [4.69, 9.17) is 5.21 Å². The van der Waals surface area contributed by atoms with Gasteiger partial charge in [-0.05, 0) is 23.3 Å². The number of carbonyl (C=O) groups excluding carboxylic acids is 1. The molecule has 0 aliphatic heterocycles. The van der Waals surface area contributed by atoms with E-state index in [-0.39, 0.29) is 0 Å². The molecule has 8 heteroatoms. The van der Waals surface area contributed by atoms with Crippen molar-refractivity contribution in [3.63, 3.8) is 0 Å². The average Bonchev–Trinajstić information content (AvgIpc) is 2.58. The van der Waals surface area contributed by atoms with Crippen LogP contribution in [0.15, 0.2) is 54.6 Å². The highest BCUT2D eigenvalue weighted by molar-refractivity contribution is 7.92. The zero-order valence-electron chi connectivity index (χ0n) is 13.0. The summed E-state index contributed by atoms with van der Waals surface area (Å²) in [5, 5.41) is 18.2. The number of aliphatic hydroxyl groups excluding tert-OH is 1. The van der Waals surface area contributed by atoms with Crippen molar-refractivity contribution < 1.29 is 23.5 Å². The van der Waals surface area contributed by atoms with E-state index in [1.165, 1.54) is 5.48 Å². The first-order chi connectivity index (χ1) is 11.3. The molecule has 3 N–H and O–H groups in total. The minimum atomic E-state index is -3.72. The number of sulfonamides is 1. The molecule has 2 aromatic rings. The summed E-state index contributed by atoms with van der Waals surface area (Å²) in [6.45, 7) is -0.504. The van der Waals surface area contributed by atoms with Gasteiger partial charge in [-0.25, -0.2) is 13.9 Å². The fourth-order valence-electron chi connectivity index (χ4n) is 2.20. The summed E-state index contributed by atoms with van der Waals surface area (Å²) in [7, 11) is -3.72. The summed E-state index contributed by atoms with van der Waals surface area (Å²) in [4.78, 5) is 11.2. The summed E-state index contributed by atoms with van der Waals surface area (Å²) in [6.07, 6.45) is -0.722. The number of benzene rings is 2. The molecular weight excluding hydrogens is 332 g/mol. The third-order valence-corrected chi connectivity index (χ3v) is 4.57. The fraction of sp³-hybridized carbons (Fsp3) is 0.188. The van der Waals surface area contributed by atoms with Crippen LogP contribution in [0.2, 0.25) is 0 Å². The highest BCUT2D eigenvalue weighted by Crippen LogP contribution is 2.24. The monoisotopic (exact) mass is 350 g/mol. The molecule has 1 amide bonds. The second-order valence-electron chi connectivity index (χ2n) is 5.20. The number of amides is 1.